The van der Waals surface area contributed by atoms with Crippen molar-refractivity contribution in [3.8, 4) is 28.1 Å². The highest BCUT2D eigenvalue weighted by Crippen LogP contribution is 2.28. The predicted octanol–water partition coefficient (Wildman–Crippen LogP) is 5.25. The number of carboxylic acid groups (broad SMARTS) is 1. The van der Waals surface area contributed by atoms with E-state index in [-0.39, 0.29) is 10.9 Å². The molecule has 3 aromatic carbocycles. The van der Waals surface area contributed by atoms with Gasteiger partial charge in [0.05, 0.1) is 23.8 Å². The highest BCUT2D eigenvalue weighted by atomic mass is 19.1. The molecule has 5 heteroatoms. The topological polar surface area (TPSA) is 62.2 Å². The van der Waals surface area contributed by atoms with Crippen molar-refractivity contribution < 1.29 is 19.0 Å². The Bertz CT molecular complexity index is 1220. The molecule has 0 atom stereocenters. The average Bonchev–Trinajstić information content (AvgIpc) is 2.79. The zero-order chi connectivity index (χ0) is 21.8. The third-order valence-electron chi connectivity index (χ3n) is 5.13. The molecule has 4 nitrogen and oxygen atoms in total. The van der Waals surface area contributed by atoms with Gasteiger partial charge in [0.25, 0.3) is 0 Å². The van der Waals surface area contributed by atoms with Gasteiger partial charge < -0.3 is 14.6 Å². The Balaban J connectivity index is 1.61. The van der Waals surface area contributed by atoms with Crippen molar-refractivity contribution in [1.29, 1.82) is 0 Å². The maximum absolute atomic E-state index is 13.6. The van der Waals surface area contributed by atoms with Crippen LogP contribution in [0.5, 0.6) is 5.75 Å². The Morgan fingerprint density at radius 2 is 1.58 bits per heavy atom. The number of nitrogens with zero attached hydrogens (tertiary/aromatic N) is 1. The minimum Gasteiger partial charge on any atom is -0.545 e. The van der Waals surface area contributed by atoms with Gasteiger partial charge in [0, 0.05) is 16.5 Å². The number of carbonyl (C=O) groups is 1. The number of hydrogen-bond acceptors (Lipinski definition) is 4. The number of rotatable bonds is 7. The molecule has 0 amide bonds. The highest BCUT2D eigenvalue weighted by molar-refractivity contribution is 6.02. The summed E-state index contributed by atoms with van der Waals surface area (Å²) in [6.45, 7) is 2.84. The Morgan fingerprint density at radius 1 is 0.935 bits per heavy atom. The quantitative estimate of drug-likeness (QED) is 0.388. The summed E-state index contributed by atoms with van der Waals surface area (Å²) in [6.07, 6.45) is 2.12. The van der Waals surface area contributed by atoms with Crippen LogP contribution in [0.15, 0.2) is 72.8 Å². The number of hydrogen-bond donors (Lipinski definition) is 0. The second-order valence-corrected chi connectivity index (χ2v) is 7.31. The van der Waals surface area contributed by atoms with Gasteiger partial charge in [-0.1, -0.05) is 49.7 Å². The molecule has 0 radical (unpaired) electrons. The summed E-state index contributed by atoms with van der Waals surface area (Å²) in [4.78, 5) is 16.1. The number of benzene rings is 3. The van der Waals surface area contributed by atoms with Crippen molar-refractivity contribution in [2.75, 3.05) is 6.61 Å². The van der Waals surface area contributed by atoms with E-state index in [2.05, 4.69) is 11.9 Å². The smallest absolute Gasteiger partial charge is 0.123 e. The van der Waals surface area contributed by atoms with Crippen LogP contribution in [0.3, 0.4) is 0 Å². The number of halogens is 1. The SMILES string of the molecule is CCCCOc1ccc(-c2ccc(-c3cc(C(=O)[O-])c4cc(F)ccc4n3)cc2)cc1. The number of carboxylic acids is 1. The number of carbonyl (C=O) groups excluding carboxylic acids is 1. The fourth-order valence-corrected chi connectivity index (χ4v) is 3.43. The molecular formula is C26H21FNO3-. The molecule has 31 heavy (non-hydrogen) atoms. The van der Waals surface area contributed by atoms with Crippen LogP contribution in [-0.4, -0.2) is 17.6 Å². The molecule has 156 valence electrons. The molecule has 0 spiro atoms. The van der Waals surface area contributed by atoms with Crippen LogP contribution in [0.1, 0.15) is 30.1 Å². The lowest BCUT2D eigenvalue weighted by atomic mass is 10.0. The first-order valence-corrected chi connectivity index (χ1v) is 10.2. The molecular weight excluding hydrogens is 393 g/mol. The molecule has 0 aliphatic heterocycles. The number of fused-ring (bicyclic) bond motifs is 1. The van der Waals surface area contributed by atoms with Crippen molar-refractivity contribution >= 4 is 16.9 Å². The molecule has 0 saturated heterocycles. The van der Waals surface area contributed by atoms with Crippen LogP contribution in [0, 0.1) is 5.82 Å². The number of aromatic carboxylic acids is 1. The molecule has 1 heterocycles. The van der Waals surface area contributed by atoms with Gasteiger partial charge in [-0.2, -0.15) is 0 Å². The second kappa shape index (κ2) is 8.96. The molecule has 0 aliphatic rings. The molecule has 0 bridgehead atoms. The fraction of sp³-hybridized carbons (Fsp3) is 0.154. The fourth-order valence-electron chi connectivity index (χ4n) is 3.43. The molecule has 4 rings (SSSR count). The minimum atomic E-state index is -1.36. The van der Waals surface area contributed by atoms with Crippen LogP contribution in [0.2, 0.25) is 0 Å². The van der Waals surface area contributed by atoms with Crippen LogP contribution in [0.25, 0.3) is 33.3 Å². The van der Waals surface area contributed by atoms with Gasteiger partial charge >= 0.3 is 0 Å². The van der Waals surface area contributed by atoms with Crippen LogP contribution >= 0.6 is 0 Å². The molecule has 0 saturated carbocycles. The van der Waals surface area contributed by atoms with Crippen LogP contribution < -0.4 is 9.84 Å². The molecule has 1 aromatic heterocycles. The van der Waals surface area contributed by atoms with Crippen molar-refractivity contribution in [2.45, 2.75) is 19.8 Å². The second-order valence-electron chi connectivity index (χ2n) is 7.31. The Kier molecular flexibility index (Phi) is 5.94. The Morgan fingerprint density at radius 3 is 2.23 bits per heavy atom. The van der Waals surface area contributed by atoms with E-state index in [4.69, 9.17) is 4.74 Å². The average molecular weight is 414 g/mol. The minimum absolute atomic E-state index is 0.0813. The lowest BCUT2D eigenvalue weighted by molar-refractivity contribution is -0.254. The lowest BCUT2D eigenvalue weighted by Gasteiger charge is -2.11. The third-order valence-corrected chi connectivity index (χ3v) is 5.13. The summed E-state index contributed by atoms with van der Waals surface area (Å²) in [7, 11) is 0. The molecule has 0 fully saturated rings. The maximum atomic E-state index is 13.6. The van der Waals surface area contributed by atoms with Crippen LogP contribution in [-0.2, 0) is 0 Å². The largest absolute Gasteiger partial charge is 0.545 e. The normalized spacial score (nSPS) is 10.9. The first kappa shape index (κ1) is 20.5. The van der Waals surface area contributed by atoms with E-state index in [1.165, 1.54) is 18.2 Å². The zero-order valence-electron chi connectivity index (χ0n) is 17.1. The zero-order valence-corrected chi connectivity index (χ0v) is 17.1. The van der Waals surface area contributed by atoms with Crippen molar-refractivity contribution in [3.05, 3.63) is 84.2 Å². The summed E-state index contributed by atoms with van der Waals surface area (Å²) < 4.78 is 19.3. The first-order valence-electron chi connectivity index (χ1n) is 10.2. The lowest BCUT2D eigenvalue weighted by Crippen LogP contribution is -2.22. The van der Waals surface area contributed by atoms with Gasteiger partial charge in [0.1, 0.15) is 11.6 Å². The Hall–Kier alpha value is -3.73. The van der Waals surface area contributed by atoms with E-state index in [1.54, 1.807) is 0 Å². The van der Waals surface area contributed by atoms with Gasteiger partial charge in [-0.15, -0.1) is 0 Å². The van der Waals surface area contributed by atoms with Crippen LogP contribution in [0.4, 0.5) is 4.39 Å². The molecule has 4 aromatic rings. The highest BCUT2D eigenvalue weighted by Gasteiger charge is 2.10. The van der Waals surface area contributed by atoms with Gasteiger partial charge in [-0.05, 0) is 53.9 Å². The van der Waals surface area contributed by atoms with E-state index in [0.717, 1.165) is 41.3 Å². The number of pyridine rings is 1. The standard InChI is InChI=1S/C26H22FNO3/c1-2-3-14-31-21-11-8-18(9-12-21)17-4-6-19(7-5-17)25-16-23(26(29)30)22-15-20(27)10-13-24(22)28-25/h4-13,15-16H,2-3,14H2,1H3,(H,29,30)/p-1. The van der Waals surface area contributed by atoms with Gasteiger partial charge in [-0.3, -0.25) is 0 Å². The van der Waals surface area contributed by atoms with Crippen molar-refractivity contribution in [1.82, 2.24) is 4.98 Å². The number of unbranched alkanes of at least 4 members (excludes halogenated alkanes) is 1. The summed E-state index contributed by atoms with van der Waals surface area (Å²) in [5.74, 6) is -1.03. The Labute approximate surface area is 180 Å². The van der Waals surface area contributed by atoms with Gasteiger partial charge in [0.2, 0.25) is 0 Å². The van der Waals surface area contributed by atoms with E-state index in [9.17, 15) is 14.3 Å². The van der Waals surface area contributed by atoms with Crippen molar-refractivity contribution in [3.63, 3.8) is 0 Å². The molecule has 0 aliphatic carbocycles. The third kappa shape index (κ3) is 4.56. The monoisotopic (exact) mass is 414 g/mol. The van der Waals surface area contributed by atoms with E-state index in [1.807, 2.05) is 48.5 Å². The van der Waals surface area contributed by atoms with E-state index < -0.39 is 11.8 Å². The number of ether oxygens (including phenoxy) is 1. The van der Waals surface area contributed by atoms with Gasteiger partial charge in [-0.25, -0.2) is 9.37 Å². The molecule has 0 N–H and O–H groups in total. The van der Waals surface area contributed by atoms with E-state index >= 15 is 0 Å². The summed E-state index contributed by atoms with van der Waals surface area (Å²) in [5, 5.41) is 11.8. The maximum Gasteiger partial charge on any atom is 0.123 e. The summed E-state index contributed by atoms with van der Waals surface area (Å²) in [6, 6.07) is 20.9. The first-order chi connectivity index (χ1) is 15.0. The summed E-state index contributed by atoms with van der Waals surface area (Å²) >= 11 is 0. The van der Waals surface area contributed by atoms with E-state index in [0.29, 0.717) is 17.8 Å². The number of aromatic nitrogens is 1. The molecule has 0 unspecified atom stereocenters. The predicted molar refractivity (Wildman–Crippen MR) is 117 cm³/mol. The van der Waals surface area contributed by atoms with Crippen molar-refractivity contribution in [2.24, 2.45) is 0 Å². The van der Waals surface area contributed by atoms with Gasteiger partial charge in [0.15, 0.2) is 0 Å². The summed E-state index contributed by atoms with van der Waals surface area (Å²) in [5.41, 5.74) is 3.64.